The Morgan fingerprint density at radius 3 is 2.85 bits per heavy atom. The Labute approximate surface area is 78.1 Å². The van der Waals surface area contributed by atoms with E-state index in [2.05, 4.69) is 0 Å². The van der Waals surface area contributed by atoms with Crippen molar-refractivity contribution in [3.8, 4) is 5.75 Å². The van der Waals surface area contributed by atoms with Crippen LogP contribution in [-0.4, -0.2) is 18.8 Å². The summed E-state index contributed by atoms with van der Waals surface area (Å²) in [7, 11) is 1.61. The number of benzene rings is 1. The molecule has 1 aromatic carbocycles. The molecule has 72 valence electrons. The molecule has 13 heavy (non-hydrogen) atoms. The number of hydrogen-bond acceptors (Lipinski definition) is 3. The van der Waals surface area contributed by atoms with Crippen LogP contribution in [0.25, 0.3) is 0 Å². The van der Waals surface area contributed by atoms with Crippen LogP contribution in [0, 0.1) is 6.92 Å². The molecule has 3 heteroatoms. The fraction of sp³-hybridized carbons (Fsp3) is 0.400. The molecular weight excluding hydrogens is 166 g/mol. The van der Waals surface area contributed by atoms with Crippen LogP contribution in [-0.2, 0) is 4.74 Å². The number of hydrogen-bond donors (Lipinski definition) is 2. The van der Waals surface area contributed by atoms with Gasteiger partial charge < -0.3 is 15.6 Å². The van der Waals surface area contributed by atoms with Gasteiger partial charge in [0.05, 0.1) is 12.6 Å². The van der Waals surface area contributed by atoms with Gasteiger partial charge in [-0.05, 0) is 24.1 Å². The SMILES string of the molecule is COCC(N)c1cccc(O)c1C. The maximum absolute atomic E-state index is 9.42. The van der Waals surface area contributed by atoms with Crippen molar-refractivity contribution in [2.75, 3.05) is 13.7 Å². The number of rotatable bonds is 3. The van der Waals surface area contributed by atoms with E-state index in [1.165, 1.54) is 0 Å². The van der Waals surface area contributed by atoms with Crippen LogP contribution >= 0.6 is 0 Å². The van der Waals surface area contributed by atoms with Gasteiger partial charge in [-0.3, -0.25) is 0 Å². The molecule has 0 bridgehead atoms. The minimum absolute atomic E-state index is 0.169. The first-order valence-electron chi connectivity index (χ1n) is 4.19. The minimum atomic E-state index is -0.169. The summed E-state index contributed by atoms with van der Waals surface area (Å²) in [5.41, 5.74) is 7.60. The molecule has 1 rings (SSSR count). The maximum atomic E-state index is 9.42. The fourth-order valence-corrected chi connectivity index (χ4v) is 1.31. The van der Waals surface area contributed by atoms with E-state index in [0.717, 1.165) is 11.1 Å². The third-order valence-corrected chi connectivity index (χ3v) is 2.09. The van der Waals surface area contributed by atoms with Gasteiger partial charge in [0.1, 0.15) is 5.75 Å². The molecule has 3 nitrogen and oxygen atoms in total. The Morgan fingerprint density at radius 2 is 2.23 bits per heavy atom. The highest BCUT2D eigenvalue weighted by atomic mass is 16.5. The number of ether oxygens (including phenoxy) is 1. The number of phenolic OH excluding ortho intramolecular Hbond substituents is 1. The van der Waals surface area contributed by atoms with Crippen LogP contribution in [0.1, 0.15) is 17.2 Å². The van der Waals surface area contributed by atoms with E-state index in [1.807, 2.05) is 13.0 Å². The molecule has 0 spiro atoms. The molecule has 1 unspecified atom stereocenters. The highest BCUT2D eigenvalue weighted by molar-refractivity contribution is 5.39. The molecule has 1 atom stereocenters. The number of methoxy groups -OCH3 is 1. The Bertz CT molecular complexity index is 286. The first-order valence-corrected chi connectivity index (χ1v) is 4.19. The van der Waals surface area contributed by atoms with Crippen molar-refractivity contribution in [3.05, 3.63) is 29.3 Å². The van der Waals surface area contributed by atoms with E-state index in [-0.39, 0.29) is 11.8 Å². The zero-order valence-corrected chi connectivity index (χ0v) is 7.95. The number of phenols is 1. The van der Waals surface area contributed by atoms with E-state index in [4.69, 9.17) is 10.5 Å². The summed E-state index contributed by atoms with van der Waals surface area (Å²) >= 11 is 0. The zero-order valence-electron chi connectivity index (χ0n) is 7.95. The van der Waals surface area contributed by atoms with E-state index >= 15 is 0 Å². The molecule has 3 N–H and O–H groups in total. The second-order valence-electron chi connectivity index (χ2n) is 3.05. The van der Waals surface area contributed by atoms with Crippen molar-refractivity contribution in [2.24, 2.45) is 5.73 Å². The maximum Gasteiger partial charge on any atom is 0.118 e. The minimum Gasteiger partial charge on any atom is -0.508 e. The highest BCUT2D eigenvalue weighted by Crippen LogP contribution is 2.23. The predicted octanol–water partition coefficient (Wildman–Crippen LogP) is 1.35. The Hall–Kier alpha value is -1.06. The summed E-state index contributed by atoms with van der Waals surface area (Å²) in [5, 5.41) is 9.42. The van der Waals surface area contributed by atoms with Crippen LogP contribution in [0.4, 0.5) is 0 Å². The highest BCUT2D eigenvalue weighted by Gasteiger charge is 2.10. The van der Waals surface area contributed by atoms with Gasteiger partial charge in [-0.2, -0.15) is 0 Å². The third-order valence-electron chi connectivity index (χ3n) is 2.09. The topological polar surface area (TPSA) is 55.5 Å². The van der Waals surface area contributed by atoms with Gasteiger partial charge in [0.2, 0.25) is 0 Å². The van der Waals surface area contributed by atoms with Crippen molar-refractivity contribution in [1.29, 1.82) is 0 Å². The van der Waals surface area contributed by atoms with Crippen molar-refractivity contribution >= 4 is 0 Å². The van der Waals surface area contributed by atoms with Crippen molar-refractivity contribution in [2.45, 2.75) is 13.0 Å². The lowest BCUT2D eigenvalue weighted by Crippen LogP contribution is -2.17. The van der Waals surface area contributed by atoms with Crippen LogP contribution in [0.2, 0.25) is 0 Å². The third kappa shape index (κ3) is 2.20. The lowest BCUT2D eigenvalue weighted by atomic mass is 10.0. The van der Waals surface area contributed by atoms with Crippen molar-refractivity contribution in [1.82, 2.24) is 0 Å². The summed E-state index contributed by atoms with van der Waals surface area (Å²) < 4.78 is 4.95. The smallest absolute Gasteiger partial charge is 0.118 e. The zero-order chi connectivity index (χ0) is 9.84. The predicted molar refractivity (Wildman–Crippen MR) is 51.6 cm³/mol. The summed E-state index contributed by atoms with van der Waals surface area (Å²) in [6.07, 6.45) is 0. The molecule has 0 amide bonds. The van der Waals surface area contributed by atoms with Gasteiger partial charge in [0.25, 0.3) is 0 Å². The second-order valence-corrected chi connectivity index (χ2v) is 3.05. The summed E-state index contributed by atoms with van der Waals surface area (Å²) in [6.45, 7) is 2.31. The van der Waals surface area contributed by atoms with Crippen LogP contribution < -0.4 is 5.73 Å². The van der Waals surface area contributed by atoms with E-state index in [1.54, 1.807) is 19.2 Å². The first-order chi connectivity index (χ1) is 6.16. The van der Waals surface area contributed by atoms with Gasteiger partial charge in [0.15, 0.2) is 0 Å². The summed E-state index contributed by atoms with van der Waals surface area (Å²) in [4.78, 5) is 0. The van der Waals surface area contributed by atoms with Gasteiger partial charge in [-0.1, -0.05) is 12.1 Å². The van der Waals surface area contributed by atoms with Crippen LogP contribution in [0.5, 0.6) is 5.75 Å². The molecule has 0 radical (unpaired) electrons. The average Bonchev–Trinajstić information content (AvgIpc) is 2.10. The molecule has 1 aromatic rings. The monoisotopic (exact) mass is 181 g/mol. The molecule has 0 aliphatic heterocycles. The molecule has 0 heterocycles. The second kappa shape index (κ2) is 4.25. The van der Waals surface area contributed by atoms with Crippen molar-refractivity contribution < 1.29 is 9.84 Å². The lowest BCUT2D eigenvalue weighted by molar-refractivity contribution is 0.180. The molecular formula is C10H15NO2. The largest absolute Gasteiger partial charge is 0.508 e. The van der Waals surface area contributed by atoms with Crippen LogP contribution in [0.3, 0.4) is 0 Å². The Morgan fingerprint density at radius 1 is 1.54 bits per heavy atom. The van der Waals surface area contributed by atoms with Gasteiger partial charge in [-0.25, -0.2) is 0 Å². The average molecular weight is 181 g/mol. The van der Waals surface area contributed by atoms with Gasteiger partial charge in [-0.15, -0.1) is 0 Å². The quantitative estimate of drug-likeness (QED) is 0.740. The van der Waals surface area contributed by atoms with E-state index < -0.39 is 0 Å². The van der Waals surface area contributed by atoms with Crippen molar-refractivity contribution in [3.63, 3.8) is 0 Å². The first kappa shape index (κ1) is 10.0. The van der Waals surface area contributed by atoms with Gasteiger partial charge >= 0.3 is 0 Å². The summed E-state index contributed by atoms with van der Waals surface area (Å²) in [6, 6.07) is 5.17. The van der Waals surface area contributed by atoms with E-state index in [0.29, 0.717) is 6.61 Å². The van der Waals surface area contributed by atoms with E-state index in [9.17, 15) is 5.11 Å². The molecule has 0 fully saturated rings. The molecule has 0 aliphatic carbocycles. The molecule has 0 saturated heterocycles. The standard InChI is InChI=1S/C10H15NO2/c1-7-8(9(11)6-13-2)4-3-5-10(7)12/h3-5,9,12H,6,11H2,1-2H3. The Kier molecular flexibility index (Phi) is 3.28. The normalized spacial score (nSPS) is 12.8. The number of aromatic hydroxyl groups is 1. The molecule has 0 saturated carbocycles. The number of nitrogens with two attached hydrogens (primary N) is 1. The lowest BCUT2D eigenvalue weighted by Gasteiger charge is -2.14. The van der Waals surface area contributed by atoms with Gasteiger partial charge in [0, 0.05) is 7.11 Å². The summed E-state index contributed by atoms with van der Waals surface area (Å²) in [5.74, 6) is 0.282. The molecule has 0 aromatic heterocycles. The Balaban J connectivity index is 2.93. The fourth-order valence-electron chi connectivity index (χ4n) is 1.31. The van der Waals surface area contributed by atoms with Crippen LogP contribution in [0.15, 0.2) is 18.2 Å². The molecule has 0 aliphatic rings.